The Hall–Kier alpha value is -1.25. The van der Waals surface area contributed by atoms with Crippen molar-refractivity contribution < 1.29 is 14.6 Å². The molecular weight excluding hydrogens is 256 g/mol. The average Bonchev–Trinajstić information content (AvgIpc) is 2.27. The van der Waals surface area contributed by atoms with Gasteiger partial charge in [-0.15, -0.1) is 12.3 Å². The summed E-state index contributed by atoms with van der Waals surface area (Å²) in [6, 6.07) is 0.110. The molecule has 1 N–H and O–H groups in total. The van der Waals surface area contributed by atoms with Gasteiger partial charge in [0.15, 0.2) is 0 Å². The molecule has 2 rings (SSSR count). The highest BCUT2D eigenvalue weighted by molar-refractivity contribution is 5.68. The van der Waals surface area contributed by atoms with E-state index in [2.05, 4.69) is 10.8 Å². The molecule has 0 unspecified atom stereocenters. The van der Waals surface area contributed by atoms with Crippen LogP contribution in [0.3, 0.4) is 0 Å². The van der Waals surface area contributed by atoms with Crippen molar-refractivity contribution in [2.24, 2.45) is 5.92 Å². The Labute approximate surface area is 120 Å². The van der Waals surface area contributed by atoms with Gasteiger partial charge in [-0.05, 0) is 27.2 Å². The van der Waals surface area contributed by atoms with E-state index in [1.807, 2.05) is 20.8 Å². The van der Waals surface area contributed by atoms with E-state index < -0.39 is 11.7 Å². The fourth-order valence-corrected chi connectivity index (χ4v) is 2.73. The first-order chi connectivity index (χ1) is 9.30. The van der Waals surface area contributed by atoms with Crippen LogP contribution in [-0.4, -0.2) is 64.9 Å². The first-order valence-corrected chi connectivity index (χ1v) is 7.16. The number of hydrogen-bond acceptors (Lipinski definition) is 4. The monoisotopic (exact) mass is 280 g/mol. The maximum absolute atomic E-state index is 12.0. The van der Waals surface area contributed by atoms with Crippen LogP contribution in [-0.2, 0) is 4.74 Å². The molecule has 1 amide bonds. The minimum atomic E-state index is -0.532. The second kappa shape index (κ2) is 5.63. The summed E-state index contributed by atoms with van der Waals surface area (Å²) in [5.41, 5.74) is -0.504. The van der Waals surface area contributed by atoms with Crippen molar-refractivity contribution in [1.29, 1.82) is 0 Å². The van der Waals surface area contributed by atoms with E-state index in [0.717, 1.165) is 19.5 Å². The number of terminal acetylenes is 1. The average molecular weight is 280 g/mol. The standard InChI is InChI=1S/C15H24N2O3/c1-5-11-8-17(9-11)12-6-7-16(10-13(12)18)14(19)20-15(2,3)4/h1,11-13,18H,6-10H2,2-4H3/t12-,13+/m1/s1. The number of piperidine rings is 1. The molecule has 0 aliphatic carbocycles. The number of ether oxygens (including phenoxy) is 1. The molecule has 0 bridgehead atoms. The number of rotatable bonds is 1. The van der Waals surface area contributed by atoms with Crippen LogP contribution < -0.4 is 0 Å². The van der Waals surface area contributed by atoms with Gasteiger partial charge in [0.25, 0.3) is 0 Å². The van der Waals surface area contributed by atoms with E-state index in [4.69, 9.17) is 11.2 Å². The third kappa shape index (κ3) is 3.44. The number of likely N-dealkylation sites (tertiary alicyclic amines) is 2. The SMILES string of the molecule is C#CC1CN([C@@H]2CCN(C(=O)OC(C)(C)C)C[C@@H]2O)C1. The Bertz CT molecular complexity index is 404. The summed E-state index contributed by atoms with van der Waals surface area (Å²) in [6.07, 6.45) is 5.25. The number of β-amino-alcohol motifs (C(OH)–C–C–N with tert-alkyl or cyclic N) is 1. The van der Waals surface area contributed by atoms with Gasteiger partial charge in [-0.3, -0.25) is 4.90 Å². The molecule has 5 nitrogen and oxygen atoms in total. The molecule has 0 spiro atoms. The van der Waals surface area contributed by atoms with Crippen LogP contribution in [0.15, 0.2) is 0 Å². The number of aliphatic hydroxyl groups excluding tert-OH is 1. The highest BCUT2D eigenvalue weighted by Crippen LogP contribution is 2.25. The molecule has 0 aromatic rings. The first kappa shape index (κ1) is 15.1. The number of aliphatic hydroxyl groups is 1. The molecule has 2 saturated heterocycles. The lowest BCUT2D eigenvalue weighted by molar-refractivity contribution is -0.0521. The highest BCUT2D eigenvalue weighted by Gasteiger charge is 2.39. The maximum Gasteiger partial charge on any atom is 0.410 e. The van der Waals surface area contributed by atoms with Crippen LogP contribution in [0.1, 0.15) is 27.2 Å². The van der Waals surface area contributed by atoms with Crippen molar-refractivity contribution >= 4 is 6.09 Å². The van der Waals surface area contributed by atoms with Gasteiger partial charge in [-0.2, -0.15) is 0 Å². The summed E-state index contributed by atoms with van der Waals surface area (Å²) in [5, 5.41) is 10.2. The van der Waals surface area contributed by atoms with E-state index in [0.29, 0.717) is 19.0 Å². The van der Waals surface area contributed by atoms with Gasteiger partial charge in [-0.25, -0.2) is 4.79 Å². The third-order valence-corrected chi connectivity index (χ3v) is 3.81. The van der Waals surface area contributed by atoms with Crippen molar-refractivity contribution in [3.8, 4) is 12.3 Å². The van der Waals surface area contributed by atoms with Gasteiger partial charge >= 0.3 is 6.09 Å². The van der Waals surface area contributed by atoms with E-state index in [9.17, 15) is 9.90 Å². The van der Waals surface area contributed by atoms with Crippen LogP contribution >= 0.6 is 0 Å². The van der Waals surface area contributed by atoms with Crippen LogP contribution in [0.5, 0.6) is 0 Å². The molecule has 2 atom stereocenters. The van der Waals surface area contributed by atoms with Crippen LogP contribution in [0.25, 0.3) is 0 Å². The largest absolute Gasteiger partial charge is 0.444 e. The smallest absolute Gasteiger partial charge is 0.410 e. The number of amides is 1. The molecule has 20 heavy (non-hydrogen) atoms. The molecule has 0 radical (unpaired) electrons. The maximum atomic E-state index is 12.0. The number of carbonyl (C=O) groups excluding carboxylic acids is 1. The number of hydrogen-bond donors (Lipinski definition) is 1. The predicted molar refractivity (Wildman–Crippen MR) is 76.1 cm³/mol. The summed E-state index contributed by atoms with van der Waals surface area (Å²) in [7, 11) is 0. The fourth-order valence-electron chi connectivity index (χ4n) is 2.73. The third-order valence-electron chi connectivity index (χ3n) is 3.81. The van der Waals surface area contributed by atoms with Gasteiger partial charge in [-0.1, -0.05) is 0 Å². The molecule has 2 aliphatic heterocycles. The van der Waals surface area contributed by atoms with E-state index >= 15 is 0 Å². The zero-order chi connectivity index (χ0) is 14.9. The van der Waals surface area contributed by atoms with E-state index in [1.165, 1.54) is 0 Å². The van der Waals surface area contributed by atoms with Crippen molar-refractivity contribution in [3.05, 3.63) is 0 Å². The summed E-state index contributed by atoms with van der Waals surface area (Å²) in [5.74, 6) is 3.04. The minimum absolute atomic E-state index is 0.110. The van der Waals surface area contributed by atoms with Gasteiger partial charge in [0.05, 0.1) is 12.6 Å². The summed E-state index contributed by atoms with van der Waals surface area (Å²) < 4.78 is 5.33. The molecule has 2 heterocycles. The van der Waals surface area contributed by atoms with Gasteiger partial charge in [0.2, 0.25) is 0 Å². The Morgan fingerprint density at radius 2 is 2.00 bits per heavy atom. The topological polar surface area (TPSA) is 53.0 Å². The molecule has 2 fully saturated rings. The summed E-state index contributed by atoms with van der Waals surface area (Å²) in [6.45, 7) is 8.18. The molecule has 0 aromatic heterocycles. The van der Waals surface area contributed by atoms with Gasteiger partial charge in [0, 0.05) is 31.6 Å². The molecule has 2 aliphatic rings. The second-order valence-electron chi connectivity index (χ2n) is 6.67. The normalized spacial score (nSPS) is 28.6. The van der Waals surface area contributed by atoms with Crippen molar-refractivity contribution in [2.45, 2.75) is 44.9 Å². The Morgan fingerprint density at radius 1 is 1.35 bits per heavy atom. The molecule has 0 saturated carbocycles. The Kier molecular flexibility index (Phi) is 4.26. The quantitative estimate of drug-likeness (QED) is 0.726. The lowest BCUT2D eigenvalue weighted by Gasteiger charge is -2.47. The summed E-state index contributed by atoms with van der Waals surface area (Å²) in [4.78, 5) is 15.8. The van der Waals surface area contributed by atoms with E-state index in [-0.39, 0.29) is 12.1 Å². The van der Waals surface area contributed by atoms with Crippen LogP contribution in [0.4, 0.5) is 4.79 Å². The second-order valence-corrected chi connectivity index (χ2v) is 6.67. The first-order valence-electron chi connectivity index (χ1n) is 7.16. The lowest BCUT2D eigenvalue weighted by atomic mass is 9.92. The number of nitrogens with zero attached hydrogens (tertiary/aromatic N) is 2. The van der Waals surface area contributed by atoms with Crippen molar-refractivity contribution in [1.82, 2.24) is 9.80 Å². The van der Waals surface area contributed by atoms with Gasteiger partial charge < -0.3 is 14.7 Å². The molecule has 0 aromatic carbocycles. The van der Waals surface area contributed by atoms with Gasteiger partial charge in [0.1, 0.15) is 5.60 Å². The van der Waals surface area contributed by atoms with Crippen molar-refractivity contribution in [3.63, 3.8) is 0 Å². The summed E-state index contributed by atoms with van der Waals surface area (Å²) >= 11 is 0. The molecule has 5 heteroatoms. The van der Waals surface area contributed by atoms with E-state index in [1.54, 1.807) is 4.90 Å². The predicted octanol–water partition coefficient (Wildman–Crippen LogP) is 0.922. The zero-order valence-electron chi connectivity index (χ0n) is 12.5. The highest BCUT2D eigenvalue weighted by atomic mass is 16.6. The lowest BCUT2D eigenvalue weighted by Crippen LogP contribution is -2.61. The number of carbonyl (C=O) groups is 1. The van der Waals surface area contributed by atoms with Crippen molar-refractivity contribution in [2.75, 3.05) is 26.2 Å². The van der Waals surface area contributed by atoms with Crippen LogP contribution in [0.2, 0.25) is 0 Å². The Morgan fingerprint density at radius 3 is 2.50 bits per heavy atom. The molecule has 112 valence electrons. The molecular formula is C15H24N2O3. The fraction of sp³-hybridized carbons (Fsp3) is 0.800. The minimum Gasteiger partial charge on any atom is -0.444 e. The zero-order valence-corrected chi connectivity index (χ0v) is 12.5. The Balaban J connectivity index is 1.84. The van der Waals surface area contributed by atoms with Crippen LogP contribution in [0, 0.1) is 18.3 Å².